The Morgan fingerprint density at radius 1 is 1.29 bits per heavy atom. The van der Waals surface area contributed by atoms with E-state index in [1.807, 2.05) is 30.3 Å². The van der Waals surface area contributed by atoms with E-state index >= 15 is 0 Å². The molecule has 0 N–H and O–H groups in total. The second-order valence-corrected chi connectivity index (χ2v) is 6.00. The van der Waals surface area contributed by atoms with Crippen molar-refractivity contribution in [2.45, 2.75) is 20.5 Å². The van der Waals surface area contributed by atoms with Crippen molar-refractivity contribution in [1.82, 2.24) is 4.98 Å². The van der Waals surface area contributed by atoms with Crippen molar-refractivity contribution in [3.63, 3.8) is 0 Å². The lowest BCUT2D eigenvalue weighted by Gasteiger charge is -2.10. The number of hydrogen-bond donors (Lipinski definition) is 0. The molecule has 0 fully saturated rings. The van der Waals surface area contributed by atoms with Crippen LogP contribution in [0.25, 0.3) is 0 Å². The normalized spacial score (nSPS) is 11.0. The summed E-state index contributed by atoms with van der Waals surface area (Å²) in [5.74, 6) is 1.08. The topological polar surface area (TPSA) is 57.7 Å². The number of aromatic nitrogens is 1. The second kappa shape index (κ2) is 9.27. The molecule has 0 saturated heterocycles. The highest BCUT2D eigenvalue weighted by atomic mass is 127. The van der Waals surface area contributed by atoms with Crippen molar-refractivity contribution >= 4 is 28.6 Å². The average Bonchev–Trinajstić information content (AvgIpc) is 2.56. The van der Waals surface area contributed by atoms with Gasteiger partial charge in [-0.05, 0) is 42.0 Å². The number of rotatable bonds is 7. The predicted molar refractivity (Wildman–Crippen MR) is 98.7 cm³/mol. The van der Waals surface area contributed by atoms with Crippen LogP contribution in [0.3, 0.4) is 0 Å². The smallest absolute Gasteiger partial charge is 0.334 e. The highest BCUT2D eigenvalue weighted by Crippen LogP contribution is 2.25. The molecule has 24 heavy (non-hydrogen) atoms. The van der Waals surface area contributed by atoms with E-state index in [-0.39, 0.29) is 0 Å². The largest absolute Gasteiger partial charge is 0.473 e. The monoisotopic (exact) mass is 439 g/mol. The van der Waals surface area contributed by atoms with Gasteiger partial charge in [-0.3, -0.25) is 0 Å². The number of ether oxygens (including phenoxy) is 3. The lowest BCUT2D eigenvalue weighted by Crippen LogP contribution is -2.04. The zero-order valence-corrected chi connectivity index (χ0v) is 15.6. The number of nitrogens with zero attached hydrogens (tertiary/aromatic N) is 1. The molecule has 0 radical (unpaired) electrons. The summed E-state index contributed by atoms with van der Waals surface area (Å²) in [4.78, 5) is 15.6. The van der Waals surface area contributed by atoms with Crippen molar-refractivity contribution in [3.8, 4) is 11.6 Å². The molecule has 0 saturated carbocycles. The molecule has 0 spiro atoms. The van der Waals surface area contributed by atoms with E-state index < -0.39 is 5.97 Å². The van der Waals surface area contributed by atoms with Crippen LogP contribution in [0.5, 0.6) is 11.6 Å². The third kappa shape index (κ3) is 5.84. The van der Waals surface area contributed by atoms with E-state index in [0.717, 1.165) is 9.13 Å². The molecule has 0 aliphatic heterocycles. The van der Waals surface area contributed by atoms with Gasteiger partial charge in [-0.1, -0.05) is 30.3 Å². The van der Waals surface area contributed by atoms with Crippen molar-refractivity contribution in [2.75, 3.05) is 6.61 Å². The summed E-state index contributed by atoms with van der Waals surface area (Å²) in [7, 11) is 0. The van der Waals surface area contributed by atoms with Crippen molar-refractivity contribution < 1.29 is 19.0 Å². The fraction of sp³-hybridized carbons (Fsp3) is 0.222. The van der Waals surface area contributed by atoms with Gasteiger partial charge in [-0.15, -0.1) is 0 Å². The van der Waals surface area contributed by atoms with Gasteiger partial charge in [0, 0.05) is 6.07 Å². The minimum Gasteiger partial charge on any atom is -0.473 e. The number of carbonyl (C=O) groups is 1. The molecule has 1 aromatic carbocycles. The fourth-order valence-corrected chi connectivity index (χ4v) is 2.35. The maximum atomic E-state index is 11.4. The Morgan fingerprint density at radius 2 is 2.04 bits per heavy atom. The maximum absolute atomic E-state index is 11.4. The molecular weight excluding hydrogens is 421 g/mol. The predicted octanol–water partition coefficient (Wildman–Crippen LogP) is 4.11. The van der Waals surface area contributed by atoms with Crippen molar-refractivity contribution in [1.29, 1.82) is 0 Å². The Kier molecular flexibility index (Phi) is 7.05. The van der Waals surface area contributed by atoms with Crippen LogP contribution in [0.4, 0.5) is 0 Å². The molecule has 0 amide bonds. The molecule has 0 aliphatic carbocycles. The molecular formula is C18H18INO4. The Hall–Kier alpha value is -2.09. The fourth-order valence-electron chi connectivity index (χ4n) is 1.84. The summed E-state index contributed by atoms with van der Waals surface area (Å²) in [6, 6.07) is 11.7. The molecule has 5 nitrogen and oxygen atoms in total. The number of esters is 1. The van der Waals surface area contributed by atoms with Crippen LogP contribution in [0.2, 0.25) is 0 Å². The molecule has 2 aromatic rings. The molecule has 0 atom stereocenters. The van der Waals surface area contributed by atoms with Gasteiger partial charge in [-0.25, -0.2) is 9.78 Å². The summed E-state index contributed by atoms with van der Waals surface area (Å²) in [5, 5.41) is 0. The summed E-state index contributed by atoms with van der Waals surface area (Å²) in [6.45, 7) is 4.22. The van der Waals surface area contributed by atoms with E-state index in [1.165, 1.54) is 6.08 Å². The number of benzene rings is 1. The molecule has 1 heterocycles. The van der Waals surface area contributed by atoms with Crippen LogP contribution in [0, 0.1) is 3.57 Å². The molecule has 1 aromatic heterocycles. The van der Waals surface area contributed by atoms with Crippen molar-refractivity contribution in [3.05, 3.63) is 63.6 Å². The van der Waals surface area contributed by atoms with E-state index in [9.17, 15) is 4.79 Å². The number of allylic oxidation sites excluding steroid dienone is 1. The zero-order valence-electron chi connectivity index (χ0n) is 13.5. The van der Waals surface area contributed by atoms with E-state index in [1.54, 1.807) is 26.1 Å². The minimum absolute atomic E-state index is 0.329. The highest BCUT2D eigenvalue weighted by Gasteiger charge is 2.07. The maximum Gasteiger partial charge on any atom is 0.334 e. The average molecular weight is 439 g/mol. The Bertz CT molecular complexity index is 716. The van der Waals surface area contributed by atoms with Crippen LogP contribution >= 0.6 is 22.6 Å². The van der Waals surface area contributed by atoms with Gasteiger partial charge in [0.05, 0.1) is 22.4 Å². The molecule has 6 heteroatoms. The van der Waals surface area contributed by atoms with Gasteiger partial charge >= 0.3 is 5.97 Å². The number of carbonyl (C=O) groups excluding carboxylic acids is 1. The van der Waals surface area contributed by atoms with Gasteiger partial charge in [0.25, 0.3) is 0 Å². The summed E-state index contributed by atoms with van der Waals surface area (Å²) in [5.41, 5.74) is 1.07. The zero-order chi connectivity index (χ0) is 17.4. The molecule has 2 rings (SSSR count). The van der Waals surface area contributed by atoms with Crippen molar-refractivity contribution in [2.24, 2.45) is 0 Å². The van der Waals surface area contributed by atoms with E-state index in [2.05, 4.69) is 27.6 Å². The number of pyridine rings is 1. The third-order valence-corrected chi connectivity index (χ3v) is 3.75. The third-order valence-electron chi connectivity index (χ3n) is 2.90. The quantitative estimate of drug-likeness (QED) is 0.281. The summed E-state index contributed by atoms with van der Waals surface area (Å²) >= 11 is 2.14. The first-order valence-corrected chi connectivity index (χ1v) is 8.51. The Labute approximate surface area is 154 Å². The first-order chi connectivity index (χ1) is 11.6. The number of halogens is 1. The Morgan fingerprint density at radius 3 is 2.71 bits per heavy atom. The van der Waals surface area contributed by atoms with Crippen LogP contribution in [-0.2, 0) is 16.1 Å². The molecule has 0 bridgehead atoms. The first kappa shape index (κ1) is 18.3. The SMILES string of the molecule is CCOC(=O)/C=C(\C)Oc1cnc(OCc2ccccc2)cc1I. The molecule has 0 aliphatic rings. The molecule has 126 valence electrons. The van der Waals surface area contributed by atoms with Gasteiger partial charge in [0.15, 0.2) is 5.75 Å². The Balaban J connectivity index is 1.97. The van der Waals surface area contributed by atoms with Crippen LogP contribution in [-0.4, -0.2) is 17.6 Å². The first-order valence-electron chi connectivity index (χ1n) is 7.43. The summed E-state index contributed by atoms with van der Waals surface area (Å²) < 4.78 is 17.0. The van der Waals surface area contributed by atoms with Crippen LogP contribution in [0.15, 0.2) is 54.4 Å². The summed E-state index contributed by atoms with van der Waals surface area (Å²) in [6.07, 6.45) is 2.88. The van der Waals surface area contributed by atoms with Gasteiger partial charge < -0.3 is 14.2 Å². The van der Waals surface area contributed by atoms with Crippen LogP contribution in [0.1, 0.15) is 19.4 Å². The lowest BCUT2D eigenvalue weighted by atomic mass is 10.2. The van der Waals surface area contributed by atoms with Crippen LogP contribution < -0.4 is 9.47 Å². The number of hydrogen-bond acceptors (Lipinski definition) is 5. The van der Waals surface area contributed by atoms with Gasteiger partial charge in [-0.2, -0.15) is 0 Å². The van der Waals surface area contributed by atoms with Gasteiger partial charge in [0.1, 0.15) is 12.4 Å². The lowest BCUT2D eigenvalue weighted by molar-refractivity contribution is -0.137. The standard InChI is InChI=1S/C18H18INO4/c1-3-22-18(21)9-13(2)24-16-11-20-17(10-15(16)19)23-12-14-7-5-4-6-8-14/h4-11H,3,12H2,1-2H3/b13-9+. The van der Waals surface area contributed by atoms with E-state index in [4.69, 9.17) is 14.2 Å². The minimum atomic E-state index is -0.430. The van der Waals surface area contributed by atoms with Gasteiger partial charge in [0.2, 0.25) is 5.88 Å². The molecule has 0 unspecified atom stereocenters. The highest BCUT2D eigenvalue weighted by molar-refractivity contribution is 14.1. The van der Waals surface area contributed by atoms with E-state index in [0.29, 0.717) is 30.6 Å². The second-order valence-electron chi connectivity index (χ2n) is 4.84.